The zero-order valence-electron chi connectivity index (χ0n) is 8.33. The maximum absolute atomic E-state index is 4.29. The van der Waals surface area contributed by atoms with E-state index in [0.29, 0.717) is 0 Å². The number of thiol groups is 2. The molecule has 0 N–H and O–H groups in total. The van der Waals surface area contributed by atoms with E-state index < -0.39 is 0 Å². The molecule has 0 aliphatic carbocycles. The van der Waals surface area contributed by atoms with E-state index in [1.54, 1.807) is 0 Å². The van der Waals surface area contributed by atoms with Crippen LogP contribution in [0.4, 0.5) is 0 Å². The summed E-state index contributed by atoms with van der Waals surface area (Å²) < 4.78 is 0. The third-order valence-electron chi connectivity index (χ3n) is 1.80. The highest BCUT2D eigenvalue weighted by molar-refractivity contribution is 7.80. The molecule has 0 amide bonds. The van der Waals surface area contributed by atoms with Crippen molar-refractivity contribution in [3.05, 3.63) is 35.5 Å². The second kappa shape index (κ2) is 8.52. The largest absolute Gasteiger partial charge is 0.179 e. The van der Waals surface area contributed by atoms with Gasteiger partial charge < -0.3 is 0 Å². The SMILES string of the molecule is C\C=C/C=C(CCS)\C(=C/C)CS. The highest BCUT2D eigenvalue weighted by atomic mass is 32.1. The van der Waals surface area contributed by atoms with Crippen molar-refractivity contribution in [3.63, 3.8) is 0 Å². The van der Waals surface area contributed by atoms with Gasteiger partial charge in [0.2, 0.25) is 0 Å². The van der Waals surface area contributed by atoms with E-state index in [9.17, 15) is 0 Å². The quantitative estimate of drug-likeness (QED) is 0.506. The molecule has 0 radical (unpaired) electrons. The number of rotatable bonds is 5. The van der Waals surface area contributed by atoms with Gasteiger partial charge in [-0.25, -0.2) is 0 Å². The van der Waals surface area contributed by atoms with Crippen LogP contribution in [0.25, 0.3) is 0 Å². The standard InChI is InChI=1S/C11H18S2/c1-3-5-6-11(7-8-12)10(4-2)9-13/h3-6,12-13H,7-9H2,1-2H3/b5-3-,10-4-,11-6-. The van der Waals surface area contributed by atoms with Gasteiger partial charge in [0, 0.05) is 5.75 Å². The molecule has 0 aromatic rings. The van der Waals surface area contributed by atoms with Crippen LogP contribution in [0, 0.1) is 0 Å². The van der Waals surface area contributed by atoms with Crippen molar-refractivity contribution < 1.29 is 0 Å². The molecule has 0 aliphatic heterocycles. The van der Waals surface area contributed by atoms with Crippen molar-refractivity contribution in [1.29, 1.82) is 0 Å². The van der Waals surface area contributed by atoms with Gasteiger partial charge in [0.15, 0.2) is 0 Å². The predicted molar refractivity (Wildman–Crippen MR) is 69.0 cm³/mol. The van der Waals surface area contributed by atoms with Crippen molar-refractivity contribution in [2.24, 2.45) is 0 Å². The Morgan fingerprint density at radius 2 is 1.85 bits per heavy atom. The topological polar surface area (TPSA) is 0 Å². The third-order valence-corrected chi connectivity index (χ3v) is 2.37. The summed E-state index contributed by atoms with van der Waals surface area (Å²) in [5, 5.41) is 0. The average Bonchev–Trinajstić information content (AvgIpc) is 2.16. The van der Waals surface area contributed by atoms with E-state index in [-0.39, 0.29) is 0 Å². The van der Waals surface area contributed by atoms with E-state index in [0.717, 1.165) is 17.9 Å². The van der Waals surface area contributed by atoms with Gasteiger partial charge in [0.1, 0.15) is 0 Å². The molecule has 0 rings (SSSR count). The highest BCUT2D eigenvalue weighted by Gasteiger charge is 1.99. The minimum absolute atomic E-state index is 0.799. The van der Waals surface area contributed by atoms with Crippen molar-refractivity contribution in [2.45, 2.75) is 20.3 Å². The van der Waals surface area contributed by atoms with Crippen molar-refractivity contribution >= 4 is 25.3 Å². The second-order valence-corrected chi connectivity index (χ2v) is 3.43. The lowest BCUT2D eigenvalue weighted by atomic mass is 10.0. The molecule has 0 saturated heterocycles. The Hall–Kier alpha value is -0.0800. The first-order chi connectivity index (χ1) is 6.29. The molecule has 0 nitrogen and oxygen atoms in total. The van der Waals surface area contributed by atoms with Gasteiger partial charge >= 0.3 is 0 Å². The molecule has 0 bridgehead atoms. The third kappa shape index (κ3) is 5.27. The van der Waals surface area contributed by atoms with Gasteiger partial charge in [-0.1, -0.05) is 24.3 Å². The maximum Gasteiger partial charge on any atom is 0.0153 e. The van der Waals surface area contributed by atoms with Crippen molar-refractivity contribution in [1.82, 2.24) is 0 Å². The Morgan fingerprint density at radius 1 is 1.15 bits per heavy atom. The van der Waals surface area contributed by atoms with Gasteiger partial charge in [0.25, 0.3) is 0 Å². The van der Waals surface area contributed by atoms with E-state index in [1.807, 2.05) is 19.9 Å². The molecule has 0 saturated carbocycles. The minimum atomic E-state index is 0.799. The first-order valence-corrected chi connectivity index (χ1v) is 5.75. The average molecular weight is 214 g/mol. The molecule has 0 unspecified atom stereocenters. The van der Waals surface area contributed by atoms with E-state index in [4.69, 9.17) is 0 Å². The first kappa shape index (κ1) is 12.9. The Kier molecular flexibility index (Phi) is 8.46. The van der Waals surface area contributed by atoms with Crippen LogP contribution < -0.4 is 0 Å². The normalized spacial score (nSPS) is 14.2. The zero-order chi connectivity index (χ0) is 10.1. The Morgan fingerprint density at radius 3 is 2.23 bits per heavy atom. The van der Waals surface area contributed by atoms with Gasteiger partial charge in [0.05, 0.1) is 0 Å². The van der Waals surface area contributed by atoms with Gasteiger partial charge in [-0.15, -0.1) is 0 Å². The molecule has 0 aromatic heterocycles. The first-order valence-electron chi connectivity index (χ1n) is 4.49. The molecule has 0 spiro atoms. The Bertz CT molecular complexity index is 212. The van der Waals surface area contributed by atoms with Crippen molar-refractivity contribution in [2.75, 3.05) is 11.5 Å². The molecule has 0 atom stereocenters. The molecule has 0 heterocycles. The Labute approximate surface area is 92.6 Å². The fraction of sp³-hybridized carbons (Fsp3) is 0.455. The van der Waals surface area contributed by atoms with E-state index in [2.05, 4.69) is 43.5 Å². The Balaban J connectivity index is 4.57. The summed E-state index contributed by atoms with van der Waals surface area (Å²) >= 11 is 8.53. The molecule has 2 heteroatoms. The lowest BCUT2D eigenvalue weighted by molar-refractivity contribution is 1.12. The van der Waals surface area contributed by atoms with Crippen LogP contribution in [0.15, 0.2) is 35.5 Å². The van der Waals surface area contributed by atoms with Gasteiger partial charge in [-0.05, 0) is 37.2 Å². The minimum Gasteiger partial charge on any atom is -0.179 e. The number of hydrogen-bond acceptors (Lipinski definition) is 2. The second-order valence-electron chi connectivity index (χ2n) is 2.66. The highest BCUT2D eigenvalue weighted by Crippen LogP contribution is 2.16. The fourth-order valence-electron chi connectivity index (χ4n) is 1.06. The van der Waals surface area contributed by atoms with Crippen LogP contribution in [0.1, 0.15) is 20.3 Å². The van der Waals surface area contributed by atoms with Crippen molar-refractivity contribution in [3.8, 4) is 0 Å². The summed E-state index contributed by atoms with van der Waals surface area (Å²) in [6.07, 6.45) is 9.36. The summed E-state index contributed by atoms with van der Waals surface area (Å²) in [4.78, 5) is 0. The van der Waals surface area contributed by atoms with Crippen LogP contribution in [-0.2, 0) is 0 Å². The van der Waals surface area contributed by atoms with Crippen LogP contribution in [0.3, 0.4) is 0 Å². The van der Waals surface area contributed by atoms with Crippen LogP contribution >= 0.6 is 25.3 Å². The summed E-state index contributed by atoms with van der Waals surface area (Å²) in [5.41, 5.74) is 2.64. The molecule has 0 aliphatic rings. The summed E-state index contributed by atoms with van der Waals surface area (Å²) in [6, 6.07) is 0. The summed E-state index contributed by atoms with van der Waals surface area (Å²) in [6.45, 7) is 4.07. The molecule has 13 heavy (non-hydrogen) atoms. The molecule has 0 fully saturated rings. The van der Waals surface area contributed by atoms with Gasteiger partial charge in [-0.2, -0.15) is 25.3 Å². The lowest BCUT2D eigenvalue weighted by Gasteiger charge is -2.07. The zero-order valence-corrected chi connectivity index (χ0v) is 10.1. The maximum atomic E-state index is 4.29. The smallest absolute Gasteiger partial charge is 0.0153 e. The predicted octanol–water partition coefficient (Wildman–Crippen LogP) is 3.68. The van der Waals surface area contributed by atoms with Crippen LogP contribution in [0.2, 0.25) is 0 Å². The number of hydrogen-bond donors (Lipinski definition) is 2. The summed E-state index contributed by atoms with van der Waals surface area (Å²) in [7, 11) is 0. The lowest BCUT2D eigenvalue weighted by Crippen LogP contribution is -1.92. The summed E-state index contributed by atoms with van der Waals surface area (Å²) in [5.74, 6) is 1.68. The number of allylic oxidation sites excluding steroid dienone is 5. The van der Waals surface area contributed by atoms with E-state index >= 15 is 0 Å². The molecular weight excluding hydrogens is 196 g/mol. The van der Waals surface area contributed by atoms with E-state index in [1.165, 1.54) is 11.1 Å². The molecule has 0 aromatic carbocycles. The van der Waals surface area contributed by atoms with Crippen LogP contribution in [0.5, 0.6) is 0 Å². The molecular formula is C11H18S2. The fourth-order valence-corrected chi connectivity index (χ4v) is 1.69. The molecule has 74 valence electrons. The van der Waals surface area contributed by atoms with Crippen LogP contribution in [-0.4, -0.2) is 11.5 Å². The monoisotopic (exact) mass is 214 g/mol. The van der Waals surface area contributed by atoms with Gasteiger partial charge in [-0.3, -0.25) is 0 Å².